The van der Waals surface area contributed by atoms with E-state index in [0.717, 1.165) is 11.1 Å². The van der Waals surface area contributed by atoms with Gasteiger partial charge in [0.2, 0.25) is 0 Å². The fraction of sp³-hybridized carbons (Fsp3) is 0.143. The van der Waals surface area contributed by atoms with Crippen molar-refractivity contribution in [3.05, 3.63) is 95.6 Å². The van der Waals surface area contributed by atoms with Crippen LogP contribution < -0.4 is 15.2 Å². The van der Waals surface area contributed by atoms with Crippen molar-refractivity contribution in [2.75, 3.05) is 0 Å². The Balaban J connectivity index is 1.68. The molecule has 3 rings (SSSR count). The zero-order chi connectivity index (χ0) is 19.3. The molecule has 0 radical (unpaired) electrons. The maximum Gasteiger partial charge on any atom is 0.573 e. The van der Waals surface area contributed by atoms with Crippen LogP contribution in [0.5, 0.6) is 11.5 Å². The zero-order valence-corrected chi connectivity index (χ0v) is 14.3. The van der Waals surface area contributed by atoms with E-state index in [-0.39, 0.29) is 5.75 Å². The molecule has 1 atom stereocenters. The standard InChI is InChI=1S/C21H18F3NO2/c22-21(23,24)27-18-11-9-16(10-12-18)20(25)17-7-4-8-19(13-17)26-14-15-5-2-1-3-6-15/h1-13,20H,14,25H2/t20-/m0/s1. The average molecular weight is 373 g/mol. The molecule has 27 heavy (non-hydrogen) atoms. The fourth-order valence-electron chi connectivity index (χ4n) is 2.61. The summed E-state index contributed by atoms with van der Waals surface area (Å²) in [6.07, 6.45) is -4.71. The van der Waals surface area contributed by atoms with Crippen LogP contribution in [0.1, 0.15) is 22.7 Å². The Morgan fingerprint density at radius 2 is 1.48 bits per heavy atom. The van der Waals surface area contributed by atoms with E-state index in [0.29, 0.717) is 17.9 Å². The summed E-state index contributed by atoms with van der Waals surface area (Å²) in [7, 11) is 0. The minimum Gasteiger partial charge on any atom is -0.489 e. The Morgan fingerprint density at radius 1 is 0.778 bits per heavy atom. The van der Waals surface area contributed by atoms with Gasteiger partial charge in [-0.05, 0) is 41.0 Å². The highest BCUT2D eigenvalue weighted by atomic mass is 19.4. The van der Waals surface area contributed by atoms with Gasteiger partial charge in [0, 0.05) is 0 Å². The highest BCUT2D eigenvalue weighted by molar-refractivity contribution is 5.38. The third kappa shape index (κ3) is 5.49. The molecule has 3 aromatic rings. The number of alkyl halides is 3. The van der Waals surface area contributed by atoms with Gasteiger partial charge in [-0.1, -0.05) is 54.6 Å². The van der Waals surface area contributed by atoms with Crippen LogP contribution in [0.4, 0.5) is 13.2 Å². The Morgan fingerprint density at radius 3 is 2.15 bits per heavy atom. The second-order valence-electron chi connectivity index (χ2n) is 5.94. The molecule has 0 heterocycles. The van der Waals surface area contributed by atoms with Crippen molar-refractivity contribution in [2.45, 2.75) is 19.0 Å². The molecule has 2 N–H and O–H groups in total. The topological polar surface area (TPSA) is 44.5 Å². The zero-order valence-electron chi connectivity index (χ0n) is 14.3. The average Bonchev–Trinajstić information content (AvgIpc) is 2.66. The summed E-state index contributed by atoms with van der Waals surface area (Å²) >= 11 is 0. The molecule has 0 bridgehead atoms. The van der Waals surface area contributed by atoms with E-state index < -0.39 is 12.4 Å². The van der Waals surface area contributed by atoms with Gasteiger partial charge in [-0.25, -0.2) is 0 Å². The lowest BCUT2D eigenvalue weighted by Gasteiger charge is -2.15. The molecule has 0 fully saturated rings. The highest BCUT2D eigenvalue weighted by Gasteiger charge is 2.31. The quantitative estimate of drug-likeness (QED) is 0.645. The van der Waals surface area contributed by atoms with Crippen LogP contribution in [0.2, 0.25) is 0 Å². The van der Waals surface area contributed by atoms with Crippen LogP contribution in [0.3, 0.4) is 0 Å². The van der Waals surface area contributed by atoms with E-state index in [1.807, 2.05) is 54.6 Å². The molecule has 0 aliphatic rings. The largest absolute Gasteiger partial charge is 0.573 e. The van der Waals surface area contributed by atoms with Gasteiger partial charge in [-0.15, -0.1) is 13.2 Å². The van der Waals surface area contributed by atoms with Crippen molar-refractivity contribution < 1.29 is 22.6 Å². The lowest BCUT2D eigenvalue weighted by atomic mass is 9.99. The Bertz CT molecular complexity index is 865. The minimum atomic E-state index is -4.71. The summed E-state index contributed by atoms with van der Waals surface area (Å²) < 4.78 is 46.4. The van der Waals surface area contributed by atoms with E-state index in [1.165, 1.54) is 24.3 Å². The molecule has 0 saturated carbocycles. The number of rotatable bonds is 6. The number of hydrogen-bond acceptors (Lipinski definition) is 3. The van der Waals surface area contributed by atoms with Crippen LogP contribution in [0.15, 0.2) is 78.9 Å². The predicted molar refractivity (Wildman–Crippen MR) is 96.4 cm³/mol. The summed E-state index contributed by atoms with van der Waals surface area (Å²) in [5.74, 6) is 0.391. The molecule has 0 aromatic heterocycles. The normalized spacial score (nSPS) is 12.4. The van der Waals surface area contributed by atoms with Crippen molar-refractivity contribution in [1.82, 2.24) is 0 Å². The molecular formula is C21H18F3NO2. The summed E-state index contributed by atoms with van der Waals surface area (Å²) in [4.78, 5) is 0. The van der Waals surface area contributed by atoms with Gasteiger partial charge < -0.3 is 15.2 Å². The number of hydrogen-bond donors (Lipinski definition) is 1. The van der Waals surface area contributed by atoms with Gasteiger partial charge in [-0.2, -0.15) is 0 Å². The number of ether oxygens (including phenoxy) is 2. The van der Waals surface area contributed by atoms with Crippen molar-refractivity contribution in [3.8, 4) is 11.5 Å². The first kappa shape index (κ1) is 18.8. The Labute approximate surface area is 155 Å². The summed E-state index contributed by atoms with van der Waals surface area (Å²) in [6.45, 7) is 0.434. The molecule has 3 nitrogen and oxygen atoms in total. The van der Waals surface area contributed by atoms with Crippen LogP contribution in [-0.4, -0.2) is 6.36 Å². The van der Waals surface area contributed by atoms with E-state index in [9.17, 15) is 13.2 Å². The van der Waals surface area contributed by atoms with Crippen LogP contribution >= 0.6 is 0 Å². The lowest BCUT2D eigenvalue weighted by Crippen LogP contribution is -2.17. The number of halogens is 3. The van der Waals surface area contributed by atoms with Gasteiger partial charge >= 0.3 is 6.36 Å². The van der Waals surface area contributed by atoms with Gasteiger partial charge in [-0.3, -0.25) is 0 Å². The molecule has 0 unspecified atom stereocenters. The van der Waals surface area contributed by atoms with Crippen LogP contribution in [0, 0.1) is 0 Å². The Hall–Kier alpha value is -2.99. The molecule has 0 saturated heterocycles. The smallest absolute Gasteiger partial charge is 0.489 e. The fourth-order valence-corrected chi connectivity index (χ4v) is 2.61. The van der Waals surface area contributed by atoms with Crippen LogP contribution in [0.25, 0.3) is 0 Å². The SMILES string of the molecule is N[C@@H](c1ccc(OC(F)(F)F)cc1)c1cccc(OCc2ccccc2)c1. The van der Waals surface area contributed by atoms with Crippen LogP contribution in [-0.2, 0) is 6.61 Å². The Kier molecular flexibility index (Phi) is 5.66. The molecule has 0 spiro atoms. The maximum absolute atomic E-state index is 12.2. The second kappa shape index (κ2) is 8.14. The van der Waals surface area contributed by atoms with E-state index in [4.69, 9.17) is 10.5 Å². The first-order valence-electron chi connectivity index (χ1n) is 8.29. The predicted octanol–water partition coefficient (Wildman–Crippen LogP) is 5.21. The van der Waals surface area contributed by atoms with E-state index >= 15 is 0 Å². The molecule has 0 amide bonds. The third-order valence-electron chi connectivity index (χ3n) is 3.94. The lowest BCUT2D eigenvalue weighted by molar-refractivity contribution is -0.274. The molecule has 140 valence electrons. The van der Waals surface area contributed by atoms with E-state index in [2.05, 4.69) is 4.74 Å². The van der Waals surface area contributed by atoms with Gasteiger partial charge in [0.25, 0.3) is 0 Å². The van der Waals surface area contributed by atoms with Crippen molar-refractivity contribution >= 4 is 0 Å². The summed E-state index contributed by atoms with van der Waals surface area (Å²) in [5.41, 5.74) is 8.77. The van der Waals surface area contributed by atoms with Gasteiger partial charge in [0.15, 0.2) is 0 Å². The molecular weight excluding hydrogens is 355 g/mol. The molecule has 0 aliphatic heterocycles. The van der Waals surface area contributed by atoms with Crippen molar-refractivity contribution in [1.29, 1.82) is 0 Å². The highest BCUT2D eigenvalue weighted by Crippen LogP contribution is 2.27. The summed E-state index contributed by atoms with van der Waals surface area (Å²) in [6, 6.07) is 22.1. The van der Waals surface area contributed by atoms with Gasteiger partial charge in [0.05, 0.1) is 6.04 Å². The number of benzene rings is 3. The minimum absolute atomic E-state index is 0.279. The third-order valence-corrected chi connectivity index (χ3v) is 3.94. The van der Waals surface area contributed by atoms with E-state index in [1.54, 1.807) is 0 Å². The maximum atomic E-state index is 12.2. The molecule has 3 aromatic carbocycles. The monoisotopic (exact) mass is 373 g/mol. The van der Waals surface area contributed by atoms with Gasteiger partial charge in [0.1, 0.15) is 18.1 Å². The first-order chi connectivity index (χ1) is 12.9. The van der Waals surface area contributed by atoms with Crippen molar-refractivity contribution in [2.24, 2.45) is 5.73 Å². The summed E-state index contributed by atoms with van der Waals surface area (Å²) in [5, 5.41) is 0. The molecule has 0 aliphatic carbocycles. The first-order valence-corrected chi connectivity index (χ1v) is 8.29. The number of nitrogens with two attached hydrogens (primary N) is 1. The second-order valence-corrected chi connectivity index (χ2v) is 5.94. The van der Waals surface area contributed by atoms with Crippen molar-refractivity contribution in [3.63, 3.8) is 0 Å². The molecule has 6 heteroatoms.